The molecule has 40 heavy (non-hydrogen) atoms. The molecule has 3 unspecified atom stereocenters. The zero-order valence-electron chi connectivity index (χ0n) is 21.0. The van der Waals surface area contributed by atoms with E-state index in [0.717, 1.165) is 18.3 Å². The van der Waals surface area contributed by atoms with Crippen molar-refractivity contribution in [3.05, 3.63) is 83.6 Å². The largest absolute Gasteiger partial charge is 0.425 e. The molecule has 0 radical (unpaired) electrons. The third-order valence-corrected chi connectivity index (χ3v) is 7.01. The molecule has 0 bridgehead atoms. The Kier molecular flexibility index (Phi) is 7.40. The average molecular weight is 563 g/mol. The first-order valence-corrected chi connectivity index (χ1v) is 12.4. The van der Waals surface area contributed by atoms with E-state index in [1.54, 1.807) is 0 Å². The molecule has 212 valence electrons. The fourth-order valence-corrected chi connectivity index (χ4v) is 4.92. The molecular weight excluding hydrogens is 536 g/mol. The number of alkyl halides is 3. The van der Waals surface area contributed by atoms with E-state index < -0.39 is 47.5 Å². The SMILES string of the molecule is O=CN1CCOC(c2cc(C(O)(c3ccc4c(cnn4-c4ccc(F)cc4)c3)C(F)(F)F)cn2CC(O)CO)C1. The number of morpholine rings is 1. The van der Waals surface area contributed by atoms with Crippen molar-refractivity contribution in [2.75, 3.05) is 26.3 Å². The Morgan fingerprint density at radius 1 is 1.12 bits per heavy atom. The summed E-state index contributed by atoms with van der Waals surface area (Å²) >= 11 is 0. The van der Waals surface area contributed by atoms with Gasteiger partial charge in [-0.2, -0.15) is 18.3 Å². The molecule has 1 aliphatic heterocycles. The zero-order valence-corrected chi connectivity index (χ0v) is 21.0. The normalized spacial score (nSPS) is 18.6. The lowest BCUT2D eigenvalue weighted by Crippen LogP contribution is -2.43. The molecule has 0 spiro atoms. The van der Waals surface area contributed by atoms with E-state index in [0.29, 0.717) is 29.5 Å². The summed E-state index contributed by atoms with van der Waals surface area (Å²) in [5, 5.41) is 35.3. The lowest BCUT2D eigenvalue weighted by atomic mass is 9.86. The second-order valence-electron chi connectivity index (χ2n) is 9.62. The van der Waals surface area contributed by atoms with Gasteiger partial charge in [-0.25, -0.2) is 9.07 Å². The van der Waals surface area contributed by atoms with Crippen LogP contribution < -0.4 is 0 Å². The summed E-state index contributed by atoms with van der Waals surface area (Å²) in [6, 6.07) is 10.3. The third-order valence-electron chi connectivity index (χ3n) is 7.01. The fraction of sp³-hybridized carbons (Fsp3) is 0.333. The summed E-state index contributed by atoms with van der Waals surface area (Å²) in [6.07, 6.45) is -4.27. The van der Waals surface area contributed by atoms with Crippen molar-refractivity contribution in [2.24, 2.45) is 0 Å². The summed E-state index contributed by atoms with van der Waals surface area (Å²) in [5.41, 5.74) is -3.34. The van der Waals surface area contributed by atoms with Crippen LogP contribution in [-0.4, -0.2) is 79.6 Å². The minimum Gasteiger partial charge on any atom is -0.394 e. The van der Waals surface area contributed by atoms with E-state index >= 15 is 0 Å². The van der Waals surface area contributed by atoms with Crippen molar-refractivity contribution in [3.63, 3.8) is 0 Å². The molecule has 1 fully saturated rings. The maximum atomic E-state index is 14.7. The molecule has 1 amide bonds. The Morgan fingerprint density at radius 3 is 2.55 bits per heavy atom. The number of aromatic nitrogens is 3. The molecule has 3 atom stereocenters. The topological polar surface area (TPSA) is 113 Å². The van der Waals surface area contributed by atoms with Crippen LogP contribution in [-0.2, 0) is 21.7 Å². The predicted octanol–water partition coefficient (Wildman–Crippen LogP) is 2.65. The molecule has 2 aromatic carbocycles. The summed E-state index contributed by atoms with van der Waals surface area (Å²) in [6.45, 7) is -0.405. The number of hydrogen-bond donors (Lipinski definition) is 3. The second-order valence-corrected chi connectivity index (χ2v) is 9.62. The fourth-order valence-electron chi connectivity index (χ4n) is 4.92. The van der Waals surface area contributed by atoms with Crippen LogP contribution in [0.2, 0.25) is 0 Å². The average Bonchev–Trinajstić information content (AvgIpc) is 3.56. The van der Waals surface area contributed by atoms with E-state index in [2.05, 4.69) is 5.10 Å². The number of fused-ring (bicyclic) bond motifs is 1. The van der Waals surface area contributed by atoms with Crippen molar-refractivity contribution >= 4 is 17.3 Å². The molecule has 2 aromatic heterocycles. The second kappa shape index (κ2) is 10.7. The van der Waals surface area contributed by atoms with E-state index in [1.807, 2.05) is 0 Å². The number of halogens is 4. The molecule has 9 nitrogen and oxygen atoms in total. The number of ether oxygens (including phenoxy) is 1. The van der Waals surface area contributed by atoms with Gasteiger partial charge in [0.05, 0.1) is 49.8 Å². The van der Waals surface area contributed by atoms with Gasteiger partial charge in [0.25, 0.3) is 0 Å². The van der Waals surface area contributed by atoms with Crippen LogP contribution in [0.1, 0.15) is 22.9 Å². The number of amides is 1. The summed E-state index contributed by atoms with van der Waals surface area (Å²) in [4.78, 5) is 12.7. The van der Waals surface area contributed by atoms with E-state index in [4.69, 9.17) is 4.74 Å². The van der Waals surface area contributed by atoms with Crippen LogP contribution >= 0.6 is 0 Å². The van der Waals surface area contributed by atoms with Gasteiger partial charge in [0.1, 0.15) is 11.9 Å². The van der Waals surface area contributed by atoms with Crippen LogP contribution in [0.5, 0.6) is 0 Å². The van der Waals surface area contributed by atoms with Gasteiger partial charge in [-0.05, 0) is 48.0 Å². The van der Waals surface area contributed by atoms with Gasteiger partial charge in [-0.15, -0.1) is 0 Å². The van der Waals surface area contributed by atoms with Crippen LogP contribution in [0.3, 0.4) is 0 Å². The minimum atomic E-state index is -5.17. The Labute approximate surface area is 225 Å². The number of carbonyl (C=O) groups is 1. The number of nitrogens with zero attached hydrogens (tertiary/aromatic N) is 4. The Hall–Kier alpha value is -3.78. The molecule has 0 saturated carbocycles. The van der Waals surface area contributed by atoms with E-state index in [-0.39, 0.29) is 25.4 Å². The molecular formula is C27H26F4N4O5. The van der Waals surface area contributed by atoms with E-state index in [9.17, 15) is 37.7 Å². The minimum absolute atomic E-state index is 0.0567. The van der Waals surface area contributed by atoms with Crippen LogP contribution in [0, 0.1) is 5.82 Å². The lowest BCUT2D eigenvalue weighted by Gasteiger charge is -2.31. The first-order valence-electron chi connectivity index (χ1n) is 12.4. The van der Waals surface area contributed by atoms with E-state index in [1.165, 1.54) is 56.7 Å². The molecule has 3 N–H and O–H groups in total. The Bertz CT molecular complexity index is 1500. The van der Waals surface area contributed by atoms with Gasteiger partial charge < -0.3 is 29.5 Å². The van der Waals surface area contributed by atoms with Gasteiger partial charge in [0.15, 0.2) is 0 Å². The van der Waals surface area contributed by atoms with Crippen LogP contribution in [0.4, 0.5) is 17.6 Å². The van der Waals surface area contributed by atoms with Gasteiger partial charge in [0, 0.05) is 29.4 Å². The summed E-state index contributed by atoms with van der Waals surface area (Å²) < 4.78 is 66.0. The number of rotatable bonds is 8. The number of hydrogen-bond acceptors (Lipinski definition) is 6. The van der Waals surface area contributed by atoms with Gasteiger partial charge in [0.2, 0.25) is 12.0 Å². The number of aliphatic hydroxyl groups is 3. The van der Waals surface area contributed by atoms with Crippen molar-refractivity contribution in [2.45, 2.75) is 30.5 Å². The summed E-state index contributed by atoms with van der Waals surface area (Å²) in [5.74, 6) is -0.451. The Morgan fingerprint density at radius 2 is 1.88 bits per heavy atom. The molecule has 5 rings (SSSR count). The summed E-state index contributed by atoms with van der Waals surface area (Å²) in [7, 11) is 0. The number of carbonyl (C=O) groups excluding carboxylic acids is 1. The molecule has 1 aliphatic rings. The maximum Gasteiger partial charge on any atom is 0.425 e. The first kappa shape index (κ1) is 27.8. The quantitative estimate of drug-likeness (QED) is 0.225. The Balaban J connectivity index is 1.60. The zero-order chi connectivity index (χ0) is 28.7. The monoisotopic (exact) mass is 562 g/mol. The number of aliphatic hydroxyl groups excluding tert-OH is 2. The highest BCUT2D eigenvalue weighted by Crippen LogP contribution is 2.46. The van der Waals surface area contributed by atoms with Gasteiger partial charge >= 0.3 is 6.18 Å². The van der Waals surface area contributed by atoms with Crippen molar-refractivity contribution < 1.29 is 42.4 Å². The third kappa shape index (κ3) is 4.96. The van der Waals surface area contributed by atoms with Crippen LogP contribution in [0.25, 0.3) is 16.6 Å². The molecule has 1 saturated heterocycles. The highest BCUT2D eigenvalue weighted by Gasteiger charge is 2.57. The molecule has 3 heterocycles. The van der Waals surface area contributed by atoms with Gasteiger partial charge in [-0.3, -0.25) is 4.79 Å². The predicted molar refractivity (Wildman–Crippen MR) is 134 cm³/mol. The number of benzene rings is 2. The van der Waals surface area contributed by atoms with Crippen molar-refractivity contribution in [3.8, 4) is 5.69 Å². The van der Waals surface area contributed by atoms with Crippen molar-refractivity contribution in [1.82, 2.24) is 19.2 Å². The maximum absolute atomic E-state index is 14.7. The lowest BCUT2D eigenvalue weighted by molar-refractivity contribution is -0.248. The highest BCUT2D eigenvalue weighted by atomic mass is 19.4. The highest BCUT2D eigenvalue weighted by molar-refractivity contribution is 5.81. The standard InChI is InChI=1S/C27H26F4N4O5/c28-20-2-4-21(5-3-20)35-23-6-1-18(9-17(23)11-32-35)26(39,27(29,30)31)19-10-24(34(12-19)13-22(38)15-36)25-14-33(16-37)7-8-40-25/h1-6,9-12,16,22,25,36,38-39H,7-8,13-15H2. The smallest absolute Gasteiger partial charge is 0.394 e. The van der Waals surface area contributed by atoms with Crippen LogP contribution in [0.15, 0.2) is 60.9 Å². The van der Waals surface area contributed by atoms with Gasteiger partial charge in [-0.1, -0.05) is 6.07 Å². The molecule has 0 aliphatic carbocycles. The first-order chi connectivity index (χ1) is 19.0. The molecule has 4 aromatic rings. The molecule has 13 heteroatoms. The van der Waals surface area contributed by atoms with Crippen molar-refractivity contribution in [1.29, 1.82) is 0 Å².